The highest BCUT2D eigenvalue weighted by Gasteiger charge is 2.10. The molecule has 0 bridgehead atoms. The Bertz CT molecular complexity index is 1320. The van der Waals surface area contributed by atoms with Crippen molar-refractivity contribution >= 4 is 39.3 Å². The van der Waals surface area contributed by atoms with Gasteiger partial charge in [0.05, 0.1) is 0 Å². The summed E-state index contributed by atoms with van der Waals surface area (Å²) in [6, 6.07) is 15.5. The van der Waals surface area contributed by atoms with Crippen molar-refractivity contribution in [3.8, 4) is 5.75 Å². The molecular weight excluding hydrogens is 376 g/mol. The zero-order valence-corrected chi connectivity index (χ0v) is 16.6. The van der Waals surface area contributed by atoms with Crippen LogP contribution in [0.4, 0.5) is 17.5 Å². The van der Waals surface area contributed by atoms with Gasteiger partial charge in [0.25, 0.3) is 0 Å². The van der Waals surface area contributed by atoms with Crippen molar-refractivity contribution in [2.24, 2.45) is 0 Å². The molecule has 0 aliphatic carbocycles. The quantitative estimate of drug-likeness (QED) is 0.336. The van der Waals surface area contributed by atoms with Crippen LogP contribution in [0.3, 0.4) is 0 Å². The van der Waals surface area contributed by atoms with Crippen molar-refractivity contribution < 1.29 is 5.11 Å². The lowest BCUT2D eigenvalue weighted by Gasteiger charge is -2.18. The molecule has 150 valence electrons. The van der Waals surface area contributed by atoms with Gasteiger partial charge < -0.3 is 25.3 Å². The number of rotatable bonds is 6. The summed E-state index contributed by atoms with van der Waals surface area (Å²) < 4.78 is 0. The Kier molecular flexibility index (Phi) is 4.48. The fourth-order valence-electron chi connectivity index (χ4n) is 3.67. The molecule has 0 saturated heterocycles. The third-order valence-electron chi connectivity index (χ3n) is 5.32. The number of aromatic amines is 2. The predicted octanol–water partition coefficient (Wildman–Crippen LogP) is 4.57. The highest BCUT2D eigenvalue weighted by molar-refractivity contribution is 5.85. The highest BCUT2D eigenvalue weighted by atomic mass is 16.3. The van der Waals surface area contributed by atoms with Gasteiger partial charge in [0.15, 0.2) is 0 Å². The summed E-state index contributed by atoms with van der Waals surface area (Å²) in [6.45, 7) is 0.720. The minimum absolute atomic E-state index is 0.276. The van der Waals surface area contributed by atoms with E-state index in [0.717, 1.165) is 51.8 Å². The van der Waals surface area contributed by atoms with Crippen LogP contribution in [0.5, 0.6) is 5.75 Å². The first kappa shape index (κ1) is 18.1. The number of hydrogen-bond donors (Lipinski definition) is 4. The molecule has 5 aromatic rings. The minimum Gasteiger partial charge on any atom is -0.508 e. The average Bonchev–Trinajstić information content (AvgIpc) is 3.40. The van der Waals surface area contributed by atoms with E-state index in [0.29, 0.717) is 5.95 Å². The van der Waals surface area contributed by atoms with Crippen LogP contribution in [-0.4, -0.2) is 38.6 Å². The number of anilines is 3. The molecule has 7 heteroatoms. The van der Waals surface area contributed by atoms with Gasteiger partial charge in [0, 0.05) is 59.7 Å². The molecule has 0 fully saturated rings. The fraction of sp³-hybridized carbons (Fsp3) is 0.130. The number of aromatic hydroxyl groups is 1. The SMILES string of the molecule is CN(c1ccc2[nH]ccc2c1)c1nccc(NCCc2c[nH]c3ccc(O)cc23)n1. The lowest BCUT2D eigenvalue weighted by atomic mass is 10.1. The largest absolute Gasteiger partial charge is 0.508 e. The Morgan fingerprint density at radius 1 is 1.03 bits per heavy atom. The first-order valence-corrected chi connectivity index (χ1v) is 9.84. The van der Waals surface area contributed by atoms with Crippen LogP contribution in [0.15, 0.2) is 67.1 Å². The number of nitrogens with zero attached hydrogens (tertiary/aromatic N) is 3. The molecule has 7 nitrogen and oxygen atoms in total. The van der Waals surface area contributed by atoms with Crippen molar-refractivity contribution in [2.75, 3.05) is 23.8 Å². The van der Waals surface area contributed by atoms with Crippen molar-refractivity contribution in [1.29, 1.82) is 0 Å². The van der Waals surface area contributed by atoms with Gasteiger partial charge in [-0.15, -0.1) is 0 Å². The number of H-pyrrole nitrogens is 2. The van der Waals surface area contributed by atoms with Gasteiger partial charge >= 0.3 is 0 Å². The van der Waals surface area contributed by atoms with Crippen LogP contribution in [0.25, 0.3) is 21.8 Å². The average molecular weight is 398 g/mol. The molecule has 0 amide bonds. The molecular formula is C23H22N6O. The van der Waals surface area contributed by atoms with Crippen molar-refractivity contribution in [3.05, 3.63) is 72.7 Å². The van der Waals surface area contributed by atoms with Gasteiger partial charge in [-0.3, -0.25) is 0 Å². The second kappa shape index (κ2) is 7.44. The van der Waals surface area contributed by atoms with Gasteiger partial charge in [0.2, 0.25) is 5.95 Å². The molecule has 0 spiro atoms. The van der Waals surface area contributed by atoms with Crippen molar-refractivity contribution in [1.82, 2.24) is 19.9 Å². The molecule has 0 unspecified atom stereocenters. The minimum atomic E-state index is 0.276. The van der Waals surface area contributed by atoms with Crippen LogP contribution in [0.1, 0.15) is 5.56 Å². The van der Waals surface area contributed by atoms with Gasteiger partial charge in [-0.05, 0) is 60.5 Å². The smallest absolute Gasteiger partial charge is 0.231 e. The summed E-state index contributed by atoms with van der Waals surface area (Å²) in [5, 5.41) is 15.3. The number of nitrogens with one attached hydrogen (secondary N) is 3. The number of hydrogen-bond acceptors (Lipinski definition) is 5. The number of phenolic OH excluding ortho intramolecular Hbond substituents is 1. The second-order valence-corrected chi connectivity index (χ2v) is 7.27. The maximum atomic E-state index is 9.75. The number of phenols is 1. The molecule has 3 aromatic heterocycles. The molecule has 0 aliphatic heterocycles. The van der Waals surface area contributed by atoms with Crippen LogP contribution < -0.4 is 10.2 Å². The molecule has 0 saturated carbocycles. The molecule has 4 N–H and O–H groups in total. The topological polar surface area (TPSA) is 92.9 Å². The number of benzene rings is 2. The zero-order chi connectivity index (χ0) is 20.5. The maximum absolute atomic E-state index is 9.75. The van der Waals surface area contributed by atoms with E-state index >= 15 is 0 Å². The van der Waals surface area contributed by atoms with Gasteiger partial charge in [-0.1, -0.05) is 0 Å². The summed E-state index contributed by atoms with van der Waals surface area (Å²) in [7, 11) is 1.96. The Hall–Kier alpha value is -4.00. The first-order valence-electron chi connectivity index (χ1n) is 9.84. The van der Waals surface area contributed by atoms with Crippen LogP contribution in [-0.2, 0) is 6.42 Å². The Labute approximate surface area is 173 Å². The first-order chi connectivity index (χ1) is 14.7. The van der Waals surface area contributed by atoms with Crippen molar-refractivity contribution in [3.63, 3.8) is 0 Å². The summed E-state index contributed by atoms with van der Waals surface area (Å²) >= 11 is 0. The Morgan fingerprint density at radius 2 is 1.93 bits per heavy atom. The van der Waals surface area contributed by atoms with Gasteiger partial charge in [0.1, 0.15) is 11.6 Å². The van der Waals surface area contributed by atoms with Crippen molar-refractivity contribution in [2.45, 2.75) is 6.42 Å². The lowest BCUT2D eigenvalue weighted by Crippen LogP contribution is -2.14. The van der Waals surface area contributed by atoms with E-state index in [4.69, 9.17) is 0 Å². The molecule has 0 radical (unpaired) electrons. The summed E-state index contributed by atoms with van der Waals surface area (Å²) in [4.78, 5) is 17.5. The molecule has 30 heavy (non-hydrogen) atoms. The lowest BCUT2D eigenvalue weighted by molar-refractivity contribution is 0.476. The fourth-order valence-corrected chi connectivity index (χ4v) is 3.67. The molecule has 0 aliphatic rings. The maximum Gasteiger partial charge on any atom is 0.231 e. The molecule has 5 rings (SSSR count). The third kappa shape index (κ3) is 3.41. The van der Waals surface area contributed by atoms with E-state index in [9.17, 15) is 5.11 Å². The van der Waals surface area contributed by atoms with Crippen LogP contribution in [0.2, 0.25) is 0 Å². The van der Waals surface area contributed by atoms with Crippen LogP contribution >= 0.6 is 0 Å². The zero-order valence-electron chi connectivity index (χ0n) is 16.6. The van der Waals surface area contributed by atoms with E-state index in [1.165, 1.54) is 0 Å². The van der Waals surface area contributed by atoms with Gasteiger partial charge in [-0.2, -0.15) is 4.98 Å². The van der Waals surface area contributed by atoms with Gasteiger partial charge in [-0.25, -0.2) is 4.98 Å². The van der Waals surface area contributed by atoms with E-state index in [-0.39, 0.29) is 5.75 Å². The third-order valence-corrected chi connectivity index (χ3v) is 5.32. The molecule has 3 heterocycles. The highest BCUT2D eigenvalue weighted by Crippen LogP contribution is 2.26. The number of fused-ring (bicyclic) bond motifs is 2. The summed E-state index contributed by atoms with van der Waals surface area (Å²) in [5.41, 5.74) is 4.31. The van der Waals surface area contributed by atoms with E-state index in [1.807, 2.05) is 36.5 Å². The second-order valence-electron chi connectivity index (χ2n) is 7.27. The Morgan fingerprint density at radius 3 is 2.87 bits per heavy atom. The molecule has 2 aromatic carbocycles. The summed E-state index contributed by atoms with van der Waals surface area (Å²) in [5.74, 6) is 1.68. The van der Waals surface area contributed by atoms with E-state index in [1.54, 1.807) is 18.3 Å². The number of aromatic nitrogens is 4. The molecule has 0 atom stereocenters. The monoisotopic (exact) mass is 398 g/mol. The van der Waals surface area contributed by atoms with E-state index < -0.39 is 0 Å². The normalized spacial score (nSPS) is 11.2. The van der Waals surface area contributed by atoms with Crippen LogP contribution in [0, 0.1) is 0 Å². The summed E-state index contributed by atoms with van der Waals surface area (Å²) in [6.07, 6.45) is 6.50. The predicted molar refractivity (Wildman–Crippen MR) is 121 cm³/mol. The Balaban J connectivity index is 1.29. The standard InChI is InChI=1S/C23H22N6O/c1-29(17-2-4-20-15(12-17)6-9-24-20)23-26-11-8-22(28-23)25-10-7-16-14-27-21-5-3-18(30)13-19(16)21/h2-6,8-9,11-14,24,27,30H,7,10H2,1H3,(H,25,26,28). The van der Waals surface area contributed by atoms with E-state index in [2.05, 4.69) is 49.5 Å².